The Morgan fingerprint density at radius 2 is 2.38 bits per heavy atom. The highest BCUT2D eigenvalue weighted by molar-refractivity contribution is 6.13. The Hall–Kier alpha value is -0.450. The number of rotatable bonds is 6. The molecule has 0 aromatic heterocycles. The van der Waals surface area contributed by atoms with Crippen LogP contribution in [0.3, 0.4) is 0 Å². The van der Waals surface area contributed by atoms with Crippen LogP contribution in [0.5, 0.6) is 0 Å². The fraction of sp³-hybridized carbons (Fsp3) is 0.714. The maximum absolute atomic E-state index is 6.07. The van der Waals surface area contributed by atoms with Crippen molar-refractivity contribution in [1.82, 2.24) is 4.42 Å². The van der Waals surface area contributed by atoms with Crippen molar-refractivity contribution in [1.29, 1.82) is 0 Å². The molecule has 0 saturated heterocycles. The number of hydrogen-bond acceptors (Lipinski definition) is 1. The molecule has 0 fully saturated rings. The number of allylic oxidation sites excluding steroid dienone is 2. The van der Waals surface area contributed by atoms with Gasteiger partial charge in [-0.05, 0) is 49.8 Å². The Morgan fingerprint density at radius 3 is 3.06 bits per heavy atom. The maximum Gasteiger partial charge on any atom is 0.0248 e. The Morgan fingerprint density at radius 1 is 1.56 bits per heavy atom. The van der Waals surface area contributed by atoms with E-state index >= 15 is 0 Å². The van der Waals surface area contributed by atoms with Crippen molar-refractivity contribution in [3.8, 4) is 12.3 Å². The summed E-state index contributed by atoms with van der Waals surface area (Å²) in [6.45, 7) is 3.99. The Labute approximate surface area is 105 Å². The zero-order valence-corrected chi connectivity index (χ0v) is 11.0. The van der Waals surface area contributed by atoms with Crippen LogP contribution < -0.4 is 0 Å². The second kappa shape index (κ2) is 7.76. The molecule has 0 aromatic carbocycles. The molecule has 16 heavy (non-hydrogen) atoms. The highest BCUT2D eigenvalue weighted by atomic mass is 35.5. The topological polar surface area (TPSA) is 3.24 Å². The summed E-state index contributed by atoms with van der Waals surface area (Å²) < 4.78 is 1.83. The lowest BCUT2D eigenvalue weighted by Crippen LogP contribution is -2.18. The number of terminal acetylenes is 1. The summed E-state index contributed by atoms with van der Waals surface area (Å²) in [5, 5.41) is 0. The van der Waals surface area contributed by atoms with Crippen LogP contribution in [0, 0.1) is 18.3 Å². The van der Waals surface area contributed by atoms with Crippen molar-refractivity contribution in [2.24, 2.45) is 5.92 Å². The lowest BCUT2D eigenvalue weighted by atomic mass is 9.87. The summed E-state index contributed by atoms with van der Waals surface area (Å²) in [6.07, 6.45) is 14.8. The number of nitrogens with zero attached hydrogens (tertiary/aromatic N) is 1. The predicted molar refractivity (Wildman–Crippen MR) is 71.2 cm³/mol. The van der Waals surface area contributed by atoms with Crippen LogP contribution >= 0.6 is 11.8 Å². The average Bonchev–Trinajstić information content (AvgIpc) is 2.34. The molecule has 0 radical (unpaired) electrons. The Kier molecular flexibility index (Phi) is 6.61. The van der Waals surface area contributed by atoms with Gasteiger partial charge in [0.15, 0.2) is 0 Å². The van der Waals surface area contributed by atoms with Gasteiger partial charge in [-0.3, -0.25) is 0 Å². The fourth-order valence-electron chi connectivity index (χ4n) is 2.22. The van der Waals surface area contributed by atoms with E-state index in [1.54, 1.807) is 5.57 Å². The standard InChI is InChI=1S/C14H22ClN/c1-3-5-10-16(15)11-9-14-8-6-7-13(4-2)12-14/h1,12,14H,4-11H2,2H3. The van der Waals surface area contributed by atoms with Crippen molar-refractivity contribution < 1.29 is 0 Å². The van der Waals surface area contributed by atoms with Crippen LogP contribution in [0.1, 0.15) is 45.4 Å². The molecule has 0 N–H and O–H groups in total. The van der Waals surface area contributed by atoms with Crippen molar-refractivity contribution in [3.63, 3.8) is 0 Å². The normalized spacial score (nSPS) is 20.6. The van der Waals surface area contributed by atoms with Crippen LogP contribution in [-0.2, 0) is 0 Å². The second-order valence-electron chi connectivity index (χ2n) is 4.48. The van der Waals surface area contributed by atoms with Gasteiger partial charge < -0.3 is 0 Å². The van der Waals surface area contributed by atoms with E-state index in [1.807, 2.05) is 4.42 Å². The second-order valence-corrected chi connectivity index (χ2v) is 4.96. The van der Waals surface area contributed by atoms with E-state index < -0.39 is 0 Å². The Balaban J connectivity index is 2.24. The van der Waals surface area contributed by atoms with E-state index in [0.717, 1.165) is 31.8 Å². The highest BCUT2D eigenvalue weighted by Crippen LogP contribution is 2.27. The minimum Gasteiger partial charge on any atom is -0.219 e. The summed E-state index contributed by atoms with van der Waals surface area (Å²) >= 11 is 6.07. The molecule has 0 heterocycles. The van der Waals surface area contributed by atoms with Gasteiger partial charge in [-0.15, -0.1) is 12.3 Å². The summed E-state index contributed by atoms with van der Waals surface area (Å²) in [7, 11) is 0. The number of halogens is 1. The lowest BCUT2D eigenvalue weighted by Gasteiger charge is -2.22. The van der Waals surface area contributed by atoms with Gasteiger partial charge >= 0.3 is 0 Å². The summed E-state index contributed by atoms with van der Waals surface area (Å²) in [5.41, 5.74) is 1.63. The van der Waals surface area contributed by atoms with Crippen LogP contribution in [-0.4, -0.2) is 17.5 Å². The first kappa shape index (κ1) is 13.6. The van der Waals surface area contributed by atoms with Crippen molar-refractivity contribution >= 4 is 11.8 Å². The van der Waals surface area contributed by atoms with Gasteiger partial charge in [0.1, 0.15) is 0 Å². The third-order valence-corrected chi connectivity index (χ3v) is 3.58. The molecule has 90 valence electrons. The first-order chi connectivity index (χ1) is 7.76. The van der Waals surface area contributed by atoms with Crippen molar-refractivity contribution in [2.75, 3.05) is 13.1 Å². The van der Waals surface area contributed by atoms with Gasteiger partial charge in [0, 0.05) is 19.5 Å². The minimum atomic E-state index is 0.732. The zero-order valence-electron chi connectivity index (χ0n) is 10.2. The molecule has 0 saturated carbocycles. The van der Waals surface area contributed by atoms with Crippen LogP contribution in [0.25, 0.3) is 0 Å². The van der Waals surface area contributed by atoms with E-state index in [2.05, 4.69) is 18.9 Å². The first-order valence-corrected chi connectivity index (χ1v) is 6.63. The fourth-order valence-corrected chi connectivity index (χ4v) is 2.40. The minimum absolute atomic E-state index is 0.732. The van der Waals surface area contributed by atoms with Gasteiger partial charge in [0.2, 0.25) is 0 Å². The van der Waals surface area contributed by atoms with Crippen LogP contribution in [0.4, 0.5) is 0 Å². The van der Waals surface area contributed by atoms with E-state index in [0.29, 0.717) is 0 Å². The molecule has 0 aliphatic heterocycles. The van der Waals surface area contributed by atoms with Gasteiger partial charge in [-0.2, -0.15) is 0 Å². The molecule has 1 aliphatic carbocycles. The smallest absolute Gasteiger partial charge is 0.0248 e. The third-order valence-electron chi connectivity index (χ3n) is 3.24. The van der Waals surface area contributed by atoms with E-state index in [4.69, 9.17) is 18.2 Å². The molecule has 1 nitrogen and oxygen atoms in total. The van der Waals surface area contributed by atoms with Gasteiger partial charge in [-0.1, -0.05) is 18.6 Å². The van der Waals surface area contributed by atoms with E-state index in [1.165, 1.54) is 25.7 Å². The highest BCUT2D eigenvalue weighted by Gasteiger charge is 2.13. The van der Waals surface area contributed by atoms with Gasteiger partial charge in [0.25, 0.3) is 0 Å². The summed E-state index contributed by atoms with van der Waals surface area (Å²) in [4.78, 5) is 0. The molecule has 0 aromatic rings. The van der Waals surface area contributed by atoms with E-state index in [-0.39, 0.29) is 0 Å². The predicted octanol–water partition coefficient (Wildman–Crippen LogP) is 3.99. The van der Waals surface area contributed by atoms with Crippen LogP contribution in [0.2, 0.25) is 0 Å². The summed E-state index contributed by atoms with van der Waals surface area (Å²) in [5.74, 6) is 3.35. The molecule has 1 unspecified atom stereocenters. The largest absolute Gasteiger partial charge is 0.219 e. The molecule has 0 spiro atoms. The van der Waals surface area contributed by atoms with Gasteiger partial charge in [0.05, 0.1) is 0 Å². The molecule has 0 amide bonds. The van der Waals surface area contributed by atoms with Gasteiger partial charge in [-0.25, -0.2) is 4.42 Å². The van der Waals surface area contributed by atoms with Crippen molar-refractivity contribution in [3.05, 3.63) is 11.6 Å². The SMILES string of the molecule is C#CCCN(Cl)CCC1C=C(CC)CCC1. The van der Waals surface area contributed by atoms with Crippen LogP contribution in [0.15, 0.2) is 11.6 Å². The third kappa shape index (κ3) is 5.05. The van der Waals surface area contributed by atoms with E-state index in [9.17, 15) is 0 Å². The average molecular weight is 240 g/mol. The number of hydrogen-bond donors (Lipinski definition) is 0. The molecular weight excluding hydrogens is 218 g/mol. The summed E-state index contributed by atoms with van der Waals surface area (Å²) in [6, 6.07) is 0. The monoisotopic (exact) mass is 239 g/mol. The molecule has 1 aliphatic rings. The maximum atomic E-state index is 6.07. The first-order valence-electron chi connectivity index (χ1n) is 6.30. The zero-order chi connectivity index (χ0) is 11.8. The molecule has 0 bridgehead atoms. The molecule has 2 heteroatoms. The molecular formula is C14H22ClN. The molecule has 1 atom stereocenters. The quantitative estimate of drug-likeness (QED) is 0.385. The molecule has 1 rings (SSSR count). The Bertz CT molecular complexity index is 264. The van der Waals surface area contributed by atoms with Crippen molar-refractivity contribution in [2.45, 2.75) is 45.4 Å². The lowest BCUT2D eigenvalue weighted by molar-refractivity contribution is 0.395.